The first-order valence-electron chi connectivity index (χ1n) is 6.77. The van der Waals surface area contributed by atoms with Crippen LogP contribution in [0.25, 0.3) is 0 Å². The van der Waals surface area contributed by atoms with E-state index in [0.717, 1.165) is 11.1 Å². The van der Waals surface area contributed by atoms with Crippen molar-refractivity contribution in [1.82, 2.24) is 4.73 Å². The molecule has 1 aromatic carbocycles. The number of aromatic nitrogens is 1. The molecule has 0 aliphatic carbocycles. The van der Waals surface area contributed by atoms with Crippen LogP contribution in [-0.2, 0) is 11.4 Å². The number of oxime groups is 1. The lowest BCUT2D eigenvalue weighted by atomic mass is 10.1. The summed E-state index contributed by atoms with van der Waals surface area (Å²) in [4.78, 5) is 16.6. The average molecular weight is 302 g/mol. The van der Waals surface area contributed by atoms with Crippen LogP contribution in [0, 0.1) is 13.8 Å². The smallest absolute Gasteiger partial charge is 0.286 e. The Labute approximate surface area is 127 Å². The van der Waals surface area contributed by atoms with Crippen LogP contribution in [0.5, 0.6) is 5.88 Å². The van der Waals surface area contributed by atoms with Gasteiger partial charge < -0.3 is 15.2 Å². The Morgan fingerprint density at radius 2 is 1.91 bits per heavy atom. The maximum absolute atomic E-state index is 11.3. The van der Waals surface area contributed by atoms with Crippen molar-refractivity contribution in [2.45, 2.75) is 27.4 Å². The van der Waals surface area contributed by atoms with E-state index >= 15 is 0 Å². The fourth-order valence-corrected chi connectivity index (χ4v) is 2.09. The molecule has 6 nitrogen and oxygen atoms in total. The normalized spacial score (nSPS) is 11.5. The van der Waals surface area contributed by atoms with Crippen LogP contribution < -0.4 is 5.56 Å². The maximum atomic E-state index is 11.3. The summed E-state index contributed by atoms with van der Waals surface area (Å²) in [6.45, 7) is 5.57. The van der Waals surface area contributed by atoms with E-state index in [4.69, 9.17) is 4.84 Å². The zero-order valence-electron chi connectivity index (χ0n) is 12.7. The number of nitrogens with zero attached hydrogens (tertiary/aromatic N) is 2. The number of hydrogen-bond acceptors (Lipinski definition) is 5. The van der Waals surface area contributed by atoms with Gasteiger partial charge in [0.05, 0.1) is 11.3 Å². The van der Waals surface area contributed by atoms with Crippen molar-refractivity contribution in [3.05, 3.63) is 62.9 Å². The number of aryl methyl sites for hydroxylation is 2. The largest absolute Gasteiger partial charge is 0.492 e. The summed E-state index contributed by atoms with van der Waals surface area (Å²) in [6, 6.07) is 9.06. The van der Waals surface area contributed by atoms with Gasteiger partial charge in [-0.1, -0.05) is 35.0 Å². The summed E-state index contributed by atoms with van der Waals surface area (Å²) in [5.74, 6) is -0.551. The number of pyridine rings is 1. The van der Waals surface area contributed by atoms with Gasteiger partial charge in [-0.15, -0.1) is 4.73 Å². The minimum absolute atomic E-state index is 0.182. The average Bonchev–Trinajstić information content (AvgIpc) is 2.47. The summed E-state index contributed by atoms with van der Waals surface area (Å²) in [7, 11) is 0. The Kier molecular flexibility index (Phi) is 4.50. The number of benzene rings is 1. The summed E-state index contributed by atoms with van der Waals surface area (Å²) in [5.41, 5.74) is 2.57. The van der Waals surface area contributed by atoms with Crippen LogP contribution in [0.2, 0.25) is 0 Å². The topological polar surface area (TPSA) is 84.0 Å². The molecule has 6 heteroatoms. The molecule has 0 atom stereocenters. The van der Waals surface area contributed by atoms with Crippen molar-refractivity contribution in [3.63, 3.8) is 0 Å². The van der Waals surface area contributed by atoms with E-state index in [-0.39, 0.29) is 16.9 Å². The molecule has 0 aliphatic rings. The molecule has 0 spiro atoms. The van der Waals surface area contributed by atoms with Gasteiger partial charge in [-0.3, -0.25) is 4.79 Å². The van der Waals surface area contributed by atoms with Gasteiger partial charge >= 0.3 is 0 Å². The fraction of sp³-hybridized carbons (Fsp3) is 0.250. The molecule has 116 valence electrons. The van der Waals surface area contributed by atoms with E-state index in [1.54, 1.807) is 13.8 Å². The van der Waals surface area contributed by atoms with Crippen LogP contribution in [0.1, 0.15) is 29.2 Å². The summed E-state index contributed by atoms with van der Waals surface area (Å²) in [5, 5.41) is 23.2. The molecule has 2 N–H and O–H groups in total. The lowest BCUT2D eigenvalue weighted by molar-refractivity contribution is 0.129. The van der Waals surface area contributed by atoms with Crippen molar-refractivity contribution in [2.24, 2.45) is 5.16 Å². The third kappa shape index (κ3) is 3.28. The first kappa shape index (κ1) is 15.6. The number of hydrogen-bond donors (Lipinski definition) is 2. The Morgan fingerprint density at radius 3 is 2.55 bits per heavy atom. The molecule has 0 bridgehead atoms. The highest BCUT2D eigenvalue weighted by molar-refractivity contribution is 6.01. The Hall–Kier alpha value is -2.76. The van der Waals surface area contributed by atoms with Crippen LogP contribution in [-0.4, -0.2) is 20.8 Å². The fourth-order valence-electron chi connectivity index (χ4n) is 2.09. The zero-order chi connectivity index (χ0) is 16.3. The van der Waals surface area contributed by atoms with Crippen molar-refractivity contribution >= 4 is 5.71 Å². The third-order valence-corrected chi connectivity index (χ3v) is 3.28. The minimum Gasteiger partial charge on any atom is -0.492 e. The Morgan fingerprint density at radius 1 is 1.27 bits per heavy atom. The molecule has 0 amide bonds. The van der Waals surface area contributed by atoms with Crippen LogP contribution in [0.4, 0.5) is 0 Å². The van der Waals surface area contributed by atoms with E-state index in [9.17, 15) is 15.1 Å². The zero-order valence-corrected chi connectivity index (χ0v) is 12.7. The maximum Gasteiger partial charge on any atom is 0.286 e. The molecule has 0 unspecified atom stereocenters. The molecule has 0 fully saturated rings. The predicted octanol–water partition coefficient (Wildman–Crippen LogP) is 2.35. The molecule has 1 aromatic heterocycles. The van der Waals surface area contributed by atoms with E-state index in [2.05, 4.69) is 5.16 Å². The third-order valence-electron chi connectivity index (χ3n) is 3.28. The van der Waals surface area contributed by atoms with Crippen LogP contribution in [0.3, 0.4) is 0 Å². The highest BCUT2D eigenvalue weighted by Crippen LogP contribution is 2.19. The standard InChI is InChI=1S/C16H18N2O4/c1-10-4-6-13(7-5-10)9-22-17-12(3)15-11(2)8-14(19)18(21)16(15)20/h4-8,20-21H,9H2,1-3H3/b17-12+. The van der Waals surface area contributed by atoms with Crippen LogP contribution in [0.15, 0.2) is 40.3 Å². The lowest BCUT2D eigenvalue weighted by Gasteiger charge is -2.10. The molecule has 0 saturated heterocycles. The molecule has 2 rings (SSSR count). The van der Waals surface area contributed by atoms with Gasteiger partial charge in [0.2, 0.25) is 5.88 Å². The lowest BCUT2D eigenvalue weighted by Crippen LogP contribution is -2.20. The Bertz CT molecular complexity index is 761. The molecular formula is C16H18N2O4. The van der Waals surface area contributed by atoms with E-state index < -0.39 is 11.4 Å². The van der Waals surface area contributed by atoms with Crippen LogP contribution >= 0.6 is 0 Å². The second-order valence-electron chi connectivity index (χ2n) is 5.11. The molecule has 0 saturated carbocycles. The second-order valence-corrected chi connectivity index (χ2v) is 5.11. The van der Waals surface area contributed by atoms with E-state index in [1.165, 1.54) is 6.07 Å². The van der Waals surface area contributed by atoms with Gasteiger partial charge in [0.25, 0.3) is 5.56 Å². The first-order valence-corrected chi connectivity index (χ1v) is 6.77. The quantitative estimate of drug-likeness (QED) is 0.516. The minimum atomic E-state index is -0.702. The van der Waals surface area contributed by atoms with Crippen molar-refractivity contribution < 1.29 is 15.2 Å². The highest BCUT2D eigenvalue weighted by Gasteiger charge is 2.15. The van der Waals surface area contributed by atoms with Crippen molar-refractivity contribution in [2.75, 3.05) is 0 Å². The molecule has 0 radical (unpaired) electrons. The SMILES string of the molecule is C/C(=N\OCc1ccc(C)cc1)c1c(C)cc(=O)n(O)c1O. The number of rotatable bonds is 4. The van der Waals surface area contributed by atoms with Crippen molar-refractivity contribution in [1.29, 1.82) is 0 Å². The van der Waals surface area contributed by atoms with Gasteiger partial charge in [-0.2, -0.15) is 0 Å². The van der Waals surface area contributed by atoms with Crippen molar-refractivity contribution in [3.8, 4) is 5.88 Å². The Balaban J connectivity index is 2.18. The van der Waals surface area contributed by atoms with Gasteiger partial charge in [0.15, 0.2) is 0 Å². The van der Waals surface area contributed by atoms with Gasteiger partial charge in [0, 0.05) is 6.07 Å². The molecule has 1 heterocycles. The second kappa shape index (κ2) is 6.34. The number of aromatic hydroxyl groups is 1. The first-order chi connectivity index (χ1) is 10.4. The molecule has 2 aromatic rings. The van der Waals surface area contributed by atoms with E-state index in [0.29, 0.717) is 11.3 Å². The van der Waals surface area contributed by atoms with Gasteiger partial charge in [-0.05, 0) is 31.9 Å². The monoisotopic (exact) mass is 302 g/mol. The van der Waals surface area contributed by atoms with E-state index in [1.807, 2.05) is 31.2 Å². The molecular weight excluding hydrogens is 284 g/mol. The van der Waals surface area contributed by atoms with Gasteiger partial charge in [-0.25, -0.2) is 0 Å². The summed E-state index contributed by atoms with van der Waals surface area (Å²) >= 11 is 0. The summed E-state index contributed by atoms with van der Waals surface area (Å²) in [6.07, 6.45) is 0. The molecule has 0 aliphatic heterocycles. The predicted molar refractivity (Wildman–Crippen MR) is 82.5 cm³/mol. The van der Waals surface area contributed by atoms with Gasteiger partial charge in [0.1, 0.15) is 6.61 Å². The molecule has 22 heavy (non-hydrogen) atoms. The summed E-state index contributed by atoms with van der Waals surface area (Å²) < 4.78 is 0.182. The highest BCUT2D eigenvalue weighted by atomic mass is 16.6.